The Labute approximate surface area is 134 Å². The first-order chi connectivity index (χ1) is 9.60. The minimum atomic E-state index is -0.486. The highest BCUT2D eigenvalue weighted by atomic mass is 79.9. The summed E-state index contributed by atoms with van der Waals surface area (Å²) in [4.78, 5) is 4.88. The number of hydrogen-bond donors (Lipinski definition) is 1. The van der Waals surface area contributed by atoms with Crippen molar-refractivity contribution >= 4 is 27.5 Å². The lowest BCUT2D eigenvalue weighted by Gasteiger charge is -2.34. The predicted molar refractivity (Wildman–Crippen MR) is 87.3 cm³/mol. The standard InChI is InChI=1S/C15H22BrClN2O/c1-2-18-7-9-19(10-8-18)6-5-15(20)13-4-3-12(16)11-14(13)17/h3-4,11,15,20H,2,5-10H2,1H3. The highest BCUT2D eigenvalue weighted by molar-refractivity contribution is 9.10. The summed E-state index contributed by atoms with van der Waals surface area (Å²) in [5.41, 5.74) is 0.821. The predicted octanol–water partition coefficient (Wildman–Crippen LogP) is 3.16. The van der Waals surface area contributed by atoms with Crippen molar-refractivity contribution in [3.05, 3.63) is 33.3 Å². The van der Waals surface area contributed by atoms with E-state index in [2.05, 4.69) is 32.7 Å². The van der Waals surface area contributed by atoms with Crippen LogP contribution in [0, 0.1) is 0 Å². The second-order valence-corrected chi connectivity index (χ2v) is 6.57. The van der Waals surface area contributed by atoms with E-state index in [0.29, 0.717) is 5.02 Å². The van der Waals surface area contributed by atoms with Crippen LogP contribution >= 0.6 is 27.5 Å². The van der Waals surface area contributed by atoms with Gasteiger partial charge in [0.25, 0.3) is 0 Å². The largest absolute Gasteiger partial charge is 0.388 e. The molecule has 1 aromatic carbocycles. The van der Waals surface area contributed by atoms with Crippen LogP contribution in [0.1, 0.15) is 25.0 Å². The Hall–Kier alpha value is -0.130. The zero-order chi connectivity index (χ0) is 14.5. The SMILES string of the molecule is CCN1CCN(CCC(O)c2ccc(Br)cc2Cl)CC1. The molecule has 1 aromatic rings. The third-order valence-electron chi connectivity index (χ3n) is 3.95. The zero-order valence-corrected chi connectivity index (χ0v) is 14.2. The minimum absolute atomic E-state index is 0.486. The quantitative estimate of drug-likeness (QED) is 0.872. The van der Waals surface area contributed by atoms with Gasteiger partial charge in [0, 0.05) is 42.2 Å². The Balaban J connectivity index is 1.82. The molecule has 1 unspecified atom stereocenters. The molecule has 0 aliphatic carbocycles. The Morgan fingerprint density at radius 1 is 1.25 bits per heavy atom. The van der Waals surface area contributed by atoms with Crippen molar-refractivity contribution in [3.8, 4) is 0 Å². The van der Waals surface area contributed by atoms with Crippen LogP contribution in [0.25, 0.3) is 0 Å². The number of likely N-dealkylation sites (N-methyl/N-ethyl adjacent to an activating group) is 1. The third kappa shape index (κ3) is 4.43. The van der Waals surface area contributed by atoms with Crippen LogP contribution in [0.2, 0.25) is 5.02 Å². The molecule has 0 saturated carbocycles. The fourth-order valence-electron chi connectivity index (χ4n) is 2.56. The van der Waals surface area contributed by atoms with Crippen molar-refractivity contribution in [1.29, 1.82) is 0 Å². The molecule has 0 radical (unpaired) electrons. The van der Waals surface area contributed by atoms with Gasteiger partial charge in [-0.1, -0.05) is 40.5 Å². The first-order valence-electron chi connectivity index (χ1n) is 7.18. The second-order valence-electron chi connectivity index (χ2n) is 5.25. The highest BCUT2D eigenvalue weighted by Crippen LogP contribution is 2.28. The van der Waals surface area contributed by atoms with Gasteiger partial charge in [-0.15, -0.1) is 0 Å². The molecule has 5 heteroatoms. The summed E-state index contributed by atoms with van der Waals surface area (Å²) in [6.07, 6.45) is 0.243. The van der Waals surface area contributed by atoms with Crippen LogP contribution in [0.5, 0.6) is 0 Å². The van der Waals surface area contributed by atoms with Crippen molar-refractivity contribution in [2.45, 2.75) is 19.4 Å². The topological polar surface area (TPSA) is 26.7 Å². The third-order valence-corrected chi connectivity index (χ3v) is 4.77. The molecular weight excluding hydrogens is 340 g/mol. The summed E-state index contributed by atoms with van der Waals surface area (Å²) in [6.45, 7) is 8.70. The molecule has 2 rings (SSSR count). The molecule has 1 fully saturated rings. The van der Waals surface area contributed by atoms with E-state index in [4.69, 9.17) is 11.6 Å². The summed E-state index contributed by atoms with van der Waals surface area (Å²) in [5, 5.41) is 10.9. The number of aliphatic hydroxyl groups excluding tert-OH is 1. The van der Waals surface area contributed by atoms with E-state index in [-0.39, 0.29) is 0 Å². The summed E-state index contributed by atoms with van der Waals surface area (Å²) in [5.74, 6) is 0. The summed E-state index contributed by atoms with van der Waals surface area (Å²) in [6, 6.07) is 5.65. The fraction of sp³-hybridized carbons (Fsp3) is 0.600. The number of nitrogens with zero attached hydrogens (tertiary/aromatic N) is 2. The summed E-state index contributed by atoms with van der Waals surface area (Å²) < 4.78 is 0.939. The number of halogens is 2. The minimum Gasteiger partial charge on any atom is -0.388 e. The lowest BCUT2D eigenvalue weighted by Crippen LogP contribution is -2.46. The molecule has 0 spiro atoms. The number of hydrogen-bond acceptors (Lipinski definition) is 3. The maximum Gasteiger partial charge on any atom is 0.0816 e. The average Bonchev–Trinajstić information content (AvgIpc) is 2.45. The number of aliphatic hydroxyl groups is 1. The van der Waals surface area contributed by atoms with Gasteiger partial charge in [0.2, 0.25) is 0 Å². The monoisotopic (exact) mass is 360 g/mol. The molecular formula is C15H22BrClN2O. The second kappa shape index (κ2) is 7.76. The van der Waals surface area contributed by atoms with Gasteiger partial charge in [-0.25, -0.2) is 0 Å². The lowest BCUT2D eigenvalue weighted by atomic mass is 10.1. The summed E-state index contributed by atoms with van der Waals surface area (Å²) >= 11 is 9.55. The molecule has 0 aromatic heterocycles. The molecule has 20 heavy (non-hydrogen) atoms. The van der Waals surface area contributed by atoms with E-state index < -0.39 is 6.10 Å². The zero-order valence-electron chi connectivity index (χ0n) is 11.9. The van der Waals surface area contributed by atoms with E-state index in [1.807, 2.05) is 18.2 Å². The molecule has 1 aliphatic heterocycles. The average molecular weight is 362 g/mol. The smallest absolute Gasteiger partial charge is 0.0816 e. The maximum atomic E-state index is 10.3. The van der Waals surface area contributed by atoms with Crippen LogP contribution < -0.4 is 0 Å². The van der Waals surface area contributed by atoms with E-state index in [9.17, 15) is 5.11 Å². The fourth-order valence-corrected chi connectivity index (χ4v) is 3.36. The van der Waals surface area contributed by atoms with Gasteiger partial charge in [-0.2, -0.15) is 0 Å². The molecule has 1 saturated heterocycles. The van der Waals surface area contributed by atoms with Crippen LogP contribution in [0.3, 0.4) is 0 Å². The Morgan fingerprint density at radius 3 is 2.50 bits per heavy atom. The Kier molecular flexibility index (Phi) is 6.30. The maximum absolute atomic E-state index is 10.3. The van der Waals surface area contributed by atoms with Gasteiger partial charge < -0.3 is 14.9 Å². The van der Waals surface area contributed by atoms with Gasteiger partial charge >= 0.3 is 0 Å². The first kappa shape index (κ1) is 16.2. The van der Waals surface area contributed by atoms with Gasteiger partial charge in [0.1, 0.15) is 0 Å². The van der Waals surface area contributed by atoms with Crippen molar-refractivity contribution in [2.24, 2.45) is 0 Å². The molecule has 112 valence electrons. The number of rotatable bonds is 5. The van der Waals surface area contributed by atoms with Crippen LogP contribution in [-0.2, 0) is 0 Å². The van der Waals surface area contributed by atoms with Gasteiger partial charge in [0.15, 0.2) is 0 Å². The van der Waals surface area contributed by atoms with Crippen LogP contribution in [-0.4, -0.2) is 54.2 Å². The first-order valence-corrected chi connectivity index (χ1v) is 8.35. The highest BCUT2D eigenvalue weighted by Gasteiger charge is 2.18. The van der Waals surface area contributed by atoms with E-state index in [1.165, 1.54) is 0 Å². The molecule has 0 bridgehead atoms. The van der Waals surface area contributed by atoms with Crippen molar-refractivity contribution in [1.82, 2.24) is 9.80 Å². The number of benzene rings is 1. The van der Waals surface area contributed by atoms with E-state index in [1.54, 1.807) is 0 Å². The van der Waals surface area contributed by atoms with Crippen LogP contribution in [0.4, 0.5) is 0 Å². The molecule has 3 nitrogen and oxygen atoms in total. The molecule has 1 heterocycles. The molecule has 0 amide bonds. The van der Waals surface area contributed by atoms with Gasteiger partial charge in [0.05, 0.1) is 6.10 Å². The lowest BCUT2D eigenvalue weighted by molar-refractivity contribution is 0.105. The molecule has 1 aliphatic rings. The summed E-state index contributed by atoms with van der Waals surface area (Å²) in [7, 11) is 0. The molecule has 1 atom stereocenters. The van der Waals surface area contributed by atoms with Gasteiger partial charge in [-0.3, -0.25) is 0 Å². The van der Waals surface area contributed by atoms with Crippen LogP contribution in [0.15, 0.2) is 22.7 Å². The van der Waals surface area contributed by atoms with Crippen molar-refractivity contribution < 1.29 is 5.11 Å². The van der Waals surface area contributed by atoms with Crippen molar-refractivity contribution in [2.75, 3.05) is 39.3 Å². The van der Waals surface area contributed by atoms with E-state index in [0.717, 1.165) is 55.7 Å². The normalized spacial score (nSPS) is 19.2. The number of piperazine rings is 1. The van der Waals surface area contributed by atoms with Crippen molar-refractivity contribution in [3.63, 3.8) is 0 Å². The Bertz CT molecular complexity index is 436. The molecule has 1 N–H and O–H groups in total. The van der Waals surface area contributed by atoms with Gasteiger partial charge in [-0.05, 0) is 30.7 Å². The van der Waals surface area contributed by atoms with E-state index >= 15 is 0 Å². The Morgan fingerprint density at radius 2 is 1.90 bits per heavy atom.